The molecular weight excluding hydrogens is 478 g/mol. The van der Waals surface area contributed by atoms with E-state index in [1.54, 1.807) is 11.4 Å². The Hall–Kier alpha value is -4.05. The number of para-hydroxylation sites is 2. The molecule has 1 aliphatic heterocycles. The van der Waals surface area contributed by atoms with Crippen LogP contribution in [0.2, 0.25) is 0 Å². The molecule has 36 heavy (non-hydrogen) atoms. The Morgan fingerprint density at radius 1 is 0.889 bits per heavy atom. The maximum atomic E-state index is 11.1. The van der Waals surface area contributed by atoms with E-state index >= 15 is 0 Å². The van der Waals surface area contributed by atoms with Crippen LogP contribution in [0.3, 0.4) is 0 Å². The van der Waals surface area contributed by atoms with Crippen LogP contribution in [0.4, 0.5) is 11.4 Å². The number of nitrogens with zero attached hydrogens (tertiary/aromatic N) is 3. The van der Waals surface area contributed by atoms with Gasteiger partial charge in [0.2, 0.25) is 0 Å². The largest absolute Gasteiger partial charge is 0.487 e. The number of hydrogen-bond acceptors (Lipinski definition) is 7. The van der Waals surface area contributed by atoms with Gasteiger partial charge in [-0.05, 0) is 57.5 Å². The number of rotatable bonds is 7. The van der Waals surface area contributed by atoms with Crippen molar-refractivity contribution in [3.63, 3.8) is 0 Å². The van der Waals surface area contributed by atoms with Gasteiger partial charge in [-0.1, -0.05) is 54.6 Å². The Labute approximate surface area is 210 Å². The zero-order valence-corrected chi connectivity index (χ0v) is 20.3. The Bertz CT molecular complexity index is 1410. The number of aromatic carboxylic acids is 1. The molecule has 0 fully saturated rings. The van der Waals surface area contributed by atoms with Crippen molar-refractivity contribution < 1.29 is 23.7 Å². The van der Waals surface area contributed by atoms with Crippen LogP contribution in [0.25, 0.3) is 11.1 Å². The number of carboxylic acids is 1. The molecule has 0 bridgehead atoms. The van der Waals surface area contributed by atoms with Crippen molar-refractivity contribution in [3.05, 3.63) is 108 Å². The molecule has 8 nitrogen and oxygen atoms in total. The average molecular weight is 504 g/mol. The summed E-state index contributed by atoms with van der Waals surface area (Å²) < 4.78 is 30.6. The molecule has 0 saturated carbocycles. The Morgan fingerprint density at radius 3 is 2.39 bits per heavy atom. The minimum absolute atomic E-state index is 0.0769. The van der Waals surface area contributed by atoms with Crippen molar-refractivity contribution >= 4 is 28.3 Å². The first-order valence-corrected chi connectivity index (χ1v) is 12.7. The summed E-state index contributed by atoms with van der Waals surface area (Å²) in [5, 5.41) is 9.09. The summed E-state index contributed by atoms with van der Waals surface area (Å²) in [5.41, 5.74) is 5.57. The van der Waals surface area contributed by atoms with Crippen molar-refractivity contribution in [1.82, 2.24) is 4.98 Å². The van der Waals surface area contributed by atoms with Crippen molar-refractivity contribution in [2.45, 2.75) is 13.2 Å². The van der Waals surface area contributed by atoms with Gasteiger partial charge < -0.3 is 9.84 Å². The second-order valence-corrected chi connectivity index (χ2v) is 10.4. The number of aromatic nitrogens is 1. The molecule has 3 aromatic carbocycles. The highest BCUT2D eigenvalue weighted by Gasteiger charge is 2.38. The summed E-state index contributed by atoms with van der Waals surface area (Å²) in [4.78, 5) is 15.0. The zero-order valence-electron chi connectivity index (χ0n) is 19.5. The molecule has 1 aromatic heterocycles. The Balaban J connectivity index is 1.30. The first-order chi connectivity index (χ1) is 17.3. The van der Waals surface area contributed by atoms with Gasteiger partial charge in [-0.15, -0.1) is 0 Å². The van der Waals surface area contributed by atoms with E-state index in [0.29, 0.717) is 12.3 Å². The van der Waals surface area contributed by atoms with E-state index in [9.17, 15) is 13.9 Å². The third-order valence-electron chi connectivity index (χ3n) is 6.06. The topological polar surface area (TPSA) is 106 Å². The monoisotopic (exact) mass is 503 g/mol. The maximum absolute atomic E-state index is 11.1. The highest BCUT2D eigenvalue weighted by molar-refractivity contribution is 8.26. The third kappa shape index (κ3) is 4.59. The maximum Gasteiger partial charge on any atom is 0.337 e. The molecule has 0 radical (unpaired) electrons. The van der Waals surface area contributed by atoms with Gasteiger partial charge in [-0.2, -0.15) is 0 Å². The lowest BCUT2D eigenvalue weighted by Crippen LogP contribution is -2.30. The second-order valence-electron chi connectivity index (χ2n) is 8.41. The van der Waals surface area contributed by atoms with Crippen LogP contribution in [0.5, 0.6) is 5.75 Å². The lowest BCUT2D eigenvalue weighted by atomic mass is 10.0. The fraction of sp³-hybridized carbons (Fsp3) is 0.111. The van der Waals surface area contributed by atoms with Crippen LogP contribution in [0.1, 0.15) is 21.5 Å². The highest BCUT2D eigenvalue weighted by atomic mass is 32.3. The van der Waals surface area contributed by atoms with Crippen LogP contribution in [-0.4, -0.2) is 32.2 Å². The Morgan fingerprint density at radius 2 is 1.64 bits per heavy atom. The van der Waals surface area contributed by atoms with Gasteiger partial charge >= 0.3 is 5.97 Å². The van der Waals surface area contributed by atoms with E-state index in [0.717, 1.165) is 33.6 Å². The van der Waals surface area contributed by atoms with E-state index in [1.165, 1.54) is 22.8 Å². The summed E-state index contributed by atoms with van der Waals surface area (Å²) in [7, 11) is -1.44. The number of fused-ring (bicyclic) bond motifs is 1. The van der Waals surface area contributed by atoms with E-state index in [2.05, 4.69) is 4.98 Å². The minimum atomic E-state index is -3.13. The number of anilines is 2. The van der Waals surface area contributed by atoms with Crippen LogP contribution < -0.4 is 13.3 Å². The molecule has 0 unspecified atom stereocenters. The van der Waals surface area contributed by atoms with Gasteiger partial charge in [0.05, 0.1) is 29.7 Å². The van der Waals surface area contributed by atoms with Crippen LogP contribution in [0, 0.1) is 0 Å². The smallest absolute Gasteiger partial charge is 0.337 e. The SMILES string of the molecule is CN1c2ccccc2N(Cc2cccc(-c3ccc(COc4cncc(C(=O)O)c4)cc3)c2)S1(O)O. The molecule has 4 aromatic rings. The predicted molar refractivity (Wildman–Crippen MR) is 141 cm³/mol. The average Bonchev–Trinajstić information content (AvgIpc) is 3.09. The quantitative estimate of drug-likeness (QED) is 0.279. The van der Waals surface area contributed by atoms with Crippen molar-refractivity contribution in [3.8, 4) is 16.9 Å². The number of hydrogen-bond donors (Lipinski definition) is 3. The van der Waals surface area contributed by atoms with Crippen molar-refractivity contribution in [2.75, 3.05) is 15.7 Å². The van der Waals surface area contributed by atoms with E-state index in [1.807, 2.05) is 72.8 Å². The fourth-order valence-corrected chi connectivity index (χ4v) is 5.57. The van der Waals surface area contributed by atoms with Gasteiger partial charge in [0.15, 0.2) is 0 Å². The lowest BCUT2D eigenvalue weighted by Gasteiger charge is -2.42. The summed E-state index contributed by atoms with van der Waals surface area (Å²) >= 11 is 0. The van der Waals surface area contributed by atoms with Crippen LogP contribution in [-0.2, 0) is 13.2 Å². The molecule has 0 saturated heterocycles. The molecular formula is C27H25N3O5S. The van der Waals surface area contributed by atoms with E-state index < -0.39 is 16.9 Å². The van der Waals surface area contributed by atoms with Crippen molar-refractivity contribution in [2.24, 2.45) is 0 Å². The Kier molecular flexibility index (Phi) is 6.27. The van der Waals surface area contributed by atoms with Gasteiger partial charge in [0.1, 0.15) is 12.4 Å². The molecule has 5 rings (SSSR count). The molecule has 2 heterocycles. The van der Waals surface area contributed by atoms with E-state index in [4.69, 9.17) is 9.84 Å². The molecule has 9 heteroatoms. The lowest BCUT2D eigenvalue weighted by molar-refractivity contribution is 0.0695. The van der Waals surface area contributed by atoms with Gasteiger partial charge in [-0.25, -0.2) is 9.10 Å². The molecule has 3 N–H and O–H groups in total. The number of pyridine rings is 1. The van der Waals surface area contributed by atoms with Gasteiger partial charge in [0, 0.05) is 13.2 Å². The van der Waals surface area contributed by atoms with Crippen LogP contribution in [0.15, 0.2) is 91.3 Å². The molecule has 0 amide bonds. The third-order valence-corrected chi connectivity index (χ3v) is 7.91. The number of benzene rings is 3. The van der Waals surface area contributed by atoms with E-state index in [-0.39, 0.29) is 12.2 Å². The fourth-order valence-electron chi connectivity index (χ4n) is 4.11. The van der Waals surface area contributed by atoms with Gasteiger partial charge in [-0.3, -0.25) is 18.4 Å². The highest BCUT2D eigenvalue weighted by Crippen LogP contribution is 2.60. The number of ether oxygens (including phenoxy) is 1. The van der Waals surface area contributed by atoms with Crippen molar-refractivity contribution in [1.29, 1.82) is 0 Å². The summed E-state index contributed by atoms with van der Waals surface area (Å²) in [5.74, 6) is -0.655. The number of carbonyl (C=O) groups is 1. The molecule has 184 valence electrons. The molecule has 1 aliphatic rings. The molecule has 0 spiro atoms. The first-order valence-electron chi connectivity index (χ1n) is 11.2. The normalized spacial score (nSPS) is 14.9. The minimum Gasteiger partial charge on any atom is -0.487 e. The van der Waals surface area contributed by atoms with Crippen LogP contribution >= 0.6 is 11.0 Å². The summed E-state index contributed by atoms with van der Waals surface area (Å²) in [6, 6.07) is 24.9. The summed E-state index contributed by atoms with van der Waals surface area (Å²) in [6.07, 6.45) is 2.76. The summed E-state index contributed by atoms with van der Waals surface area (Å²) in [6.45, 7) is 0.637. The second kappa shape index (κ2) is 9.54. The zero-order chi connectivity index (χ0) is 25.3. The first kappa shape index (κ1) is 23.7. The predicted octanol–water partition coefficient (Wildman–Crippen LogP) is 6.06. The molecule has 0 atom stereocenters. The standard InChI is InChI=1S/C27H25N3O5S/c1-29-25-7-2-3-8-26(25)30(36(29,33)34)17-20-5-4-6-22(13-20)21-11-9-19(10-12-21)18-35-24-14-23(27(31)32)15-28-16-24/h2-16,33-34H,17-18H2,1H3,(H,31,32). The number of carboxylic acid groups (broad SMARTS) is 1. The molecule has 0 aliphatic carbocycles. The van der Waals surface area contributed by atoms with Gasteiger partial charge in [0.25, 0.3) is 0 Å².